The van der Waals surface area contributed by atoms with Gasteiger partial charge in [-0.05, 0) is 25.0 Å². The molecule has 0 heterocycles. The fraction of sp³-hybridized carbons (Fsp3) is 0.500. The summed E-state index contributed by atoms with van der Waals surface area (Å²) in [6, 6.07) is 2.19. The number of anilines is 1. The van der Waals surface area contributed by atoms with Crippen molar-refractivity contribution in [3.8, 4) is 0 Å². The van der Waals surface area contributed by atoms with E-state index in [-0.39, 0.29) is 20.6 Å². The van der Waals surface area contributed by atoms with E-state index in [1.54, 1.807) is 0 Å². The molecule has 1 aliphatic rings. The number of halogens is 2. The first kappa shape index (κ1) is 15.9. The average Bonchev–Trinajstić information content (AvgIpc) is 2.38. The third-order valence-corrected chi connectivity index (χ3v) is 5.80. The van der Waals surface area contributed by atoms with Crippen LogP contribution in [-0.4, -0.2) is 25.7 Å². The number of nitrogen functional groups attached to an aromatic ring is 1. The number of nitrogens with two attached hydrogens (primary N) is 1. The Kier molecular flexibility index (Phi) is 4.81. The lowest BCUT2D eigenvalue weighted by Gasteiger charge is -2.28. The Morgan fingerprint density at radius 3 is 2.55 bits per heavy atom. The second kappa shape index (κ2) is 6.07. The molecule has 112 valence electrons. The molecule has 0 unspecified atom stereocenters. The van der Waals surface area contributed by atoms with E-state index in [0.29, 0.717) is 12.8 Å². The molecule has 0 aromatic heterocycles. The summed E-state index contributed by atoms with van der Waals surface area (Å²) in [5.41, 5.74) is 5.66. The number of hydrogen-bond acceptors (Lipinski definition) is 4. The molecular formula is C12H16Cl2N2O3S. The Morgan fingerprint density at radius 2 is 1.90 bits per heavy atom. The normalized spacial score (nSPS) is 23.8. The van der Waals surface area contributed by atoms with E-state index in [4.69, 9.17) is 28.9 Å². The van der Waals surface area contributed by atoms with E-state index < -0.39 is 22.2 Å². The van der Waals surface area contributed by atoms with Crippen LogP contribution in [0, 0.1) is 0 Å². The van der Waals surface area contributed by atoms with Crippen molar-refractivity contribution in [3.05, 3.63) is 22.2 Å². The van der Waals surface area contributed by atoms with Gasteiger partial charge < -0.3 is 10.8 Å². The molecule has 0 radical (unpaired) electrons. The maximum Gasteiger partial charge on any atom is 0.242 e. The van der Waals surface area contributed by atoms with Crippen LogP contribution in [0.1, 0.15) is 25.7 Å². The first-order chi connectivity index (χ1) is 9.33. The molecule has 2 atom stereocenters. The molecule has 1 saturated carbocycles. The van der Waals surface area contributed by atoms with E-state index in [9.17, 15) is 13.5 Å². The van der Waals surface area contributed by atoms with Crippen molar-refractivity contribution in [1.82, 2.24) is 4.72 Å². The zero-order valence-corrected chi connectivity index (χ0v) is 13.0. The van der Waals surface area contributed by atoms with Gasteiger partial charge in [-0.2, -0.15) is 0 Å². The Hall–Kier alpha value is -0.530. The fourth-order valence-electron chi connectivity index (χ4n) is 2.27. The maximum atomic E-state index is 12.3. The smallest absolute Gasteiger partial charge is 0.242 e. The van der Waals surface area contributed by atoms with Crippen molar-refractivity contribution in [3.63, 3.8) is 0 Å². The number of nitrogens with one attached hydrogen (secondary N) is 1. The van der Waals surface area contributed by atoms with Gasteiger partial charge in [0.25, 0.3) is 0 Å². The van der Waals surface area contributed by atoms with Crippen LogP contribution in [0.4, 0.5) is 5.69 Å². The zero-order chi connectivity index (χ0) is 14.9. The van der Waals surface area contributed by atoms with Crippen molar-refractivity contribution in [1.29, 1.82) is 0 Å². The lowest BCUT2D eigenvalue weighted by atomic mass is 9.93. The molecule has 0 aliphatic heterocycles. The highest BCUT2D eigenvalue weighted by molar-refractivity contribution is 7.89. The first-order valence-electron chi connectivity index (χ1n) is 6.27. The van der Waals surface area contributed by atoms with E-state index >= 15 is 0 Å². The fourth-order valence-corrected chi connectivity index (χ4v) is 4.34. The second-order valence-corrected chi connectivity index (χ2v) is 7.32. The van der Waals surface area contributed by atoms with Gasteiger partial charge in [0.15, 0.2) is 0 Å². The molecule has 0 amide bonds. The van der Waals surface area contributed by atoms with Gasteiger partial charge >= 0.3 is 0 Å². The summed E-state index contributed by atoms with van der Waals surface area (Å²) in [4.78, 5) is -0.126. The largest absolute Gasteiger partial charge is 0.396 e. The molecule has 20 heavy (non-hydrogen) atoms. The van der Waals surface area contributed by atoms with E-state index in [0.717, 1.165) is 12.8 Å². The molecule has 8 heteroatoms. The van der Waals surface area contributed by atoms with Gasteiger partial charge in [0.1, 0.15) is 4.90 Å². The monoisotopic (exact) mass is 338 g/mol. The predicted octanol–water partition coefficient (Wildman–Crippen LogP) is 2.16. The molecule has 0 bridgehead atoms. The number of benzene rings is 1. The first-order valence-corrected chi connectivity index (χ1v) is 8.50. The number of rotatable bonds is 3. The Balaban J connectivity index is 2.29. The Labute approximate surface area is 128 Å². The standard InChI is InChI=1S/C12H16Cl2N2O3S/c13-7-5-6-10(11(14)12(7)15)20(18,19)16-8-3-1-2-4-9(8)17/h5-6,8-9,16-17H,1-4,15H2/t8-,9-/m1/s1. The number of aliphatic hydroxyl groups is 1. The van der Waals surface area contributed by atoms with E-state index in [1.165, 1.54) is 12.1 Å². The molecule has 5 nitrogen and oxygen atoms in total. The van der Waals surface area contributed by atoms with Gasteiger partial charge in [0, 0.05) is 6.04 Å². The molecule has 2 rings (SSSR count). The average molecular weight is 339 g/mol. The van der Waals surface area contributed by atoms with Crippen molar-refractivity contribution in [2.24, 2.45) is 0 Å². The van der Waals surface area contributed by atoms with Crippen molar-refractivity contribution < 1.29 is 13.5 Å². The Bertz CT molecular complexity index is 607. The molecule has 1 aliphatic carbocycles. The minimum atomic E-state index is -3.84. The van der Waals surface area contributed by atoms with Gasteiger partial charge in [-0.1, -0.05) is 36.0 Å². The maximum absolute atomic E-state index is 12.3. The molecule has 1 aromatic carbocycles. The number of hydrogen-bond donors (Lipinski definition) is 3. The van der Waals surface area contributed by atoms with Crippen LogP contribution in [-0.2, 0) is 10.0 Å². The number of aliphatic hydroxyl groups excluding tert-OH is 1. The van der Waals surface area contributed by atoms with Crippen LogP contribution in [0.5, 0.6) is 0 Å². The highest BCUT2D eigenvalue weighted by Gasteiger charge is 2.29. The van der Waals surface area contributed by atoms with Gasteiger partial charge in [-0.25, -0.2) is 13.1 Å². The molecule has 0 spiro atoms. The summed E-state index contributed by atoms with van der Waals surface area (Å²) < 4.78 is 27.1. The van der Waals surface area contributed by atoms with Crippen molar-refractivity contribution >= 4 is 38.9 Å². The van der Waals surface area contributed by atoms with Crippen LogP contribution in [0.2, 0.25) is 10.0 Å². The van der Waals surface area contributed by atoms with E-state index in [2.05, 4.69) is 4.72 Å². The molecule has 4 N–H and O–H groups in total. The van der Waals surface area contributed by atoms with Gasteiger partial charge in [0.2, 0.25) is 10.0 Å². The summed E-state index contributed by atoms with van der Waals surface area (Å²) in [5, 5.41) is 9.94. The van der Waals surface area contributed by atoms with Crippen LogP contribution in [0.3, 0.4) is 0 Å². The lowest BCUT2D eigenvalue weighted by molar-refractivity contribution is 0.101. The van der Waals surface area contributed by atoms with Crippen LogP contribution < -0.4 is 10.5 Å². The summed E-state index contributed by atoms with van der Waals surface area (Å²) in [6.07, 6.45) is 2.28. The van der Waals surface area contributed by atoms with Crippen LogP contribution in [0.15, 0.2) is 17.0 Å². The predicted molar refractivity (Wildman–Crippen MR) is 79.5 cm³/mol. The highest BCUT2D eigenvalue weighted by Crippen LogP contribution is 2.33. The highest BCUT2D eigenvalue weighted by atomic mass is 35.5. The Morgan fingerprint density at radius 1 is 1.25 bits per heavy atom. The third-order valence-electron chi connectivity index (χ3n) is 3.42. The lowest BCUT2D eigenvalue weighted by Crippen LogP contribution is -2.45. The van der Waals surface area contributed by atoms with Crippen LogP contribution >= 0.6 is 23.2 Å². The quantitative estimate of drug-likeness (QED) is 0.736. The molecule has 1 aromatic rings. The van der Waals surface area contributed by atoms with Crippen LogP contribution in [0.25, 0.3) is 0 Å². The van der Waals surface area contributed by atoms with Crippen molar-refractivity contribution in [2.45, 2.75) is 42.7 Å². The molecule has 0 saturated heterocycles. The van der Waals surface area contributed by atoms with Gasteiger partial charge in [0.05, 0.1) is 21.8 Å². The third kappa shape index (κ3) is 3.20. The number of sulfonamides is 1. The van der Waals surface area contributed by atoms with Gasteiger partial charge in [-0.3, -0.25) is 0 Å². The summed E-state index contributed by atoms with van der Waals surface area (Å²) >= 11 is 11.7. The summed E-state index contributed by atoms with van der Waals surface area (Å²) in [7, 11) is -3.84. The van der Waals surface area contributed by atoms with Crippen molar-refractivity contribution in [2.75, 3.05) is 5.73 Å². The molecule has 1 fully saturated rings. The summed E-state index contributed by atoms with van der Waals surface area (Å²) in [5.74, 6) is 0. The SMILES string of the molecule is Nc1c(Cl)ccc(S(=O)(=O)N[C@@H]2CCCC[C@H]2O)c1Cl. The van der Waals surface area contributed by atoms with E-state index in [1.807, 2.05) is 0 Å². The second-order valence-electron chi connectivity index (χ2n) is 4.85. The minimum absolute atomic E-state index is 0.0281. The van der Waals surface area contributed by atoms with Gasteiger partial charge in [-0.15, -0.1) is 0 Å². The summed E-state index contributed by atoms with van der Waals surface area (Å²) in [6.45, 7) is 0. The molecular weight excluding hydrogens is 323 g/mol. The zero-order valence-electron chi connectivity index (χ0n) is 10.6. The minimum Gasteiger partial charge on any atom is -0.396 e. The topological polar surface area (TPSA) is 92.4 Å².